The zero-order chi connectivity index (χ0) is 16.8. The first-order valence-corrected chi connectivity index (χ1v) is 8.49. The summed E-state index contributed by atoms with van der Waals surface area (Å²) in [4.78, 5) is 16.7. The van der Waals surface area contributed by atoms with Crippen LogP contribution in [0.4, 0.5) is 0 Å². The minimum Gasteiger partial charge on any atom is -0.468 e. The van der Waals surface area contributed by atoms with Gasteiger partial charge in [0.1, 0.15) is 5.76 Å². The molecule has 1 aliphatic heterocycles. The highest BCUT2D eigenvalue weighted by atomic mass is 16.3. The highest BCUT2D eigenvalue weighted by molar-refractivity contribution is 5.78. The van der Waals surface area contributed by atoms with Gasteiger partial charge in [-0.2, -0.15) is 0 Å². The van der Waals surface area contributed by atoms with Crippen molar-refractivity contribution in [1.29, 1.82) is 0 Å². The molecule has 1 amide bonds. The standard InChI is InChI=1S/C19H25N3O2/c1-16-5-2-3-6-17(16)13-20-19(23)15-22-10-8-21(9-11-22)14-18-7-4-12-24-18/h2-7,12H,8-11,13-15H2,1H3,(H,20,23). The maximum Gasteiger partial charge on any atom is 0.234 e. The molecule has 0 atom stereocenters. The number of amides is 1. The fourth-order valence-corrected chi connectivity index (χ4v) is 2.99. The summed E-state index contributed by atoms with van der Waals surface area (Å²) < 4.78 is 5.39. The first kappa shape index (κ1) is 16.7. The second-order valence-electron chi connectivity index (χ2n) is 6.33. The molecule has 3 rings (SSSR count). The maximum atomic E-state index is 12.2. The number of carbonyl (C=O) groups excluding carboxylic acids is 1. The Labute approximate surface area is 143 Å². The first-order valence-electron chi connectivity index (χ1n) is 8.49. The van der Waals surface area contributed by atoms with E-state index in [4.69, 9.17) is 4.42 Å². The summed E-state index contributed by atoms with van der Waals surface area (Å²) in [7, 11) is 0. The molecule has 2 aromatic rings. The molecule has 0 saturated carbocycles. The summed E-state index contributed by atoms with van der Waals surface area (Å²) in [6.07, 6.45) is 1.71. The van der Waals surface area contributed by atoms with Crippen LogP contribution in [0.1, 0.15) is 16.9 Å². The van der Waals surface area contributed by atoms with Crippen molar-refractivity contribution in [2.75, 3.05) is 32.7 Å². The van der Waals surface area contributed by atoms with Crippen LogP contribution in [0.25, 0.3) is 0 Å². The van der Waals surface area contributed by atoms with Crippen molar-refractivity contribution in [3.63, 3.8) is 0 Å². The van der Waals surface area contributed by atoms with E-state index in [-0.39, 0.29) is 5.91 Å². The monoisotopic (exact) mass is 327 g/mol. The average molecular weight is 327 g/mol. The Morgan fingerprint density at radius 3 is 2.54 bits per heavy atom. The number of rotatable bonds is 6. The van der Waals surface area contributed by atoms with Gasteiger partial charge in [0.05, 0.1) is 19.4 Å². The van der Waals surface area contributed by atoms with Gasteiger partial charge in [0.25, 0.3) is 0 Å². The number of piperazine rings is 1. The minimum atomic E-state index is 0.0951. The number of carbonyl (C=O) groups is 1. The molecule has 0 aliphatic carbocycles. The minimum absolute atomic E-state index is 0.0951. The summed E-state index contributed by atoms with van der Waals surface area (Å²) in [5, 5.41) is 3.03. The van der Waals surface area contributed by atoms with Gasteiger partial charge < -0.3 is 9.73 Å². The lowest BCUT2D eigenvalue weighted by molar-refractivity contribution is -0.122. The van der Waals surface area contributed by atoms with E-state index in [9.17, 15) is 4.79 Å². The third kappa shape index (κ3) is 4.69. The van der Waals surface area contributed by atoms with Gasteiger partial charge in [-0.1, -0.05) is 24.3 Å². The quantitative estimate of drug-likeness (QED) is 0.882. The lowest BCUT2D eigenvalue weighted by Crippen LogP contribution is -2.49. The van der Waals surface area contributed by atoms with Crippen molar-refractivity contribution >= 4 is 5.91 Å². The Hall–Kier alpha value is -2.11. The maximum absolute atomic E-state index is 12.2. The summed E-state index contributed by atoms with van der Waals surface area (Å²) in [6.45, 7) is 7.75. The summed E-state index contributed by atoms with van der Waals surface area (Å²) in [5.41, 5.74) is 2.39. The molecule has 5 nitrogen and oxygen atoms in total. The highest BCUT2D eigenvalue weighted by Crippen LogP contribution is 2.09. The summed E-state index contributed by atoms with van der Waals surface area (Å²) in [6, 6.07) is 12.1. The predicted octanol–water partition coefficient (Wildman–Crippen LogP) is 2.02. The van der Waals surface area contributed by atoms with Crippen LogP contribution in [-0.4, -0.2) is 48.4 Å². The smallest absolute Gasteiger partial charge is 0.234 e. The summed E-state index contributed by atoms with van der Waals surface area (Å²) in [5.74, 6) is 1.09. The van der Waals surface area contributed by atoms with Gasteiger partial charge in [0.15, 0.2) is 0 Å². The van der Waals surface area contributed by atoms with Crippen LogP contribution >= 0.6 is 0 Å². The van der Waals surface area contributed by atoms with Crippen LogP contribution in [0.2, 0.25) is 0 Å². The van der Waals surface area contributed by atoms with E-state index in [2.05, 4.69) is 34.2 Å². The second-order valence-corrected chi connectivity index (χ2v) is 6.33. The fraction of sp³-hybridized carbons (Fsp3) is 0.421. The van der Waals surface area contributed by atoms with Gasteiger partial charge in [0.2, 0.25) is 5.91 Å². The number of nitrogens with one attached hydrogen (secondary N) is 1. The van der Waals surface area contributed by atoms with Crippen LogP contribution in [-0.2, 0) is 17.9 Å². The molecule has 0 radical (unpaired) electrons. The zero-order valence-electron chi connectivity index (χ0n) is 14.2. The van der Waals surface area contributed by atoms with E-state index in [0.29, 0.717) is 13.1 Å². The van der Waals surface area contributed by atoms with Crippen molar-refractivity contribution in [2.24, 2.45) is 0 Å². The van der Waals surface area contributed by atoms with E-state index in [1.54, 1.807) is 6.26 Å². The molecule has 1 aromatic carbocycles. The van der Waals surface area contributed by atoms with Crippen LogP contribution in [0.3, 0.4) is 0 Å². The topological polar surface area (TPSA) is 48.7 Å². The number of hydrogen-bond acceptors (Lipinski definition) is 4. The number of hydrogen-bond donors (Lipinski definition) is 1. The normalized spacial score (nSPS) is 16.2. The van der Waals surface area contributed by atoms with Crippen LogP contribution in [0, 0.1) is 6.92 Å². The van der Waals surface area contributed by atoms with Crippen molar-refractivity contribution in [3.05, 3.63) is 59.5 Å². The Bertz CT molecular complexity index is 646. The van der Waals surface area contributed by atoms with E-state index < -0.39 is 0 Å². The SMILES string of the molecule is Cc1ccccc1CNC(=O)CN1CCN(Cc2ccco2)CC1. The van der Waals surface area contributed by atoms with E-state index in [0.717, 1.165) is 38.5 Å². The lowest BCUT2D eigenvalue weighted by Gasteiger charge is -2.33. The van der Waals surface area contributed by atoms with Gasteiger partial charge >= 0.3 is 0 Å². The molecular weight excluding hydrogens is 302 g/mol. The fourth-order valence-electron chi connectivity index (χ4n) is 2.99. The van der Waals surface area contributed by atoms with Crippen LogP contribution in [0.5, 0.6) is 0 Å². The second kappa shape index (κ2) is 8.13. The first-order chi connectivity index (χ1) is 11.7. The van der Waals surface area contributed by atoms with Crippen molar-refractivity contribution in [2.45, 2.75) is 20.0 Å². The van der Waals surface area contributed by atoms with Gasteiger partial charge in [-0.15, -0.1) is 0 Å². The molecule has 0 spiro atoms. The van der Waals surface area contributed by atoms with E-state index >= 15 is 0 Å². The molecular formula is C19H25N3O2. The van der Waals surface area contributed by atoms with Gasteiger partial charge in [0, 0.05) is 32.7 Å². The average Bonchev–Trinajstić information content (AvgIpc) is 3.09. The van der Waals surface area contributed by atoms with Crippen molar-refractivity contribution in [1.82, 2.24) is 15.1 Å². The molecule has 1 aromatic heterocycles. The molecule has 5 heteroatoms. The molecule has 24 heavy (non-hydrogen) atoms. The highest BCUT2D eigenvalue weighted by Gasteiger charge is 2.19. The molecule has 128 valence electrons. The van der Waals surface area contributed by atoms with E-state index in [1.807, 2.05) is 24.3 Å². The number of benzene rings is 1. The largest absolute Gasteiger partial charge is 0.468 e. The lowest BCUT2D eigenvalue weighted by atomic mass is 10.1. The Morgan fingerprint density at radius 1 is 1.08 bits per heavy atom. The molecule has 1 saturated heterocycles. The third-order valence-electron chi connectivity index (χ3n) is 4.53. The van der Waals surface area contributed by atoms with Crippen LogP contribution in [0.15, 0.2) is 47.1 Å². The summed E-state index contributed by atoms with van der Waals surface area (Å²) >= 11 is 0. The molecule has 2 heterocycles. The zero-order valence-corrected chi connectivity index (χ0v) is 14.2. The van der Waals surface area contributed by atoms with Gasteiger partial charge in [-0.3, -0.25) is 14.6 Å². The number of nitrogens with zero attached hydrogens (tertiary/aromatic N) is 2. The Kier molecular flexibility index (Phi) is 5.67. The van der Waals surface area contributed by atoms with Gasteiger partial charge in [-0.05, 0) is 30.2 Å². The molecule has 1 N–H and O–H groups in total. The van der Waals surface area contributed by atoms with E-state index in [1.165, 1.54) is 11.1 Å². The third-order valence-corrected chi connectivity index (χ3v) is 4.53. The molecule has 1 fully saturated rings. The Morgan fingerprint density at radius 2 is 1.83 bits per heavy atom. The molecule has 0 unspecified atom stereocenters. The van der Waals surface area contributed by atoms with Crippen molar-refractivity contribution in [3.8, 4) is 0 Å². The molecule has 0 bridgehead atoms. The Balaban J connectivity index is 1.38. The van der Waals surface area contributed by atoms with Gasteiger partial charge in [-0.25, -0.2) is 0 Å². The predicted molar refractivity (Wildman–Crippen MR) is 93.5 cm³/mol. The van der Waals surface area contributed by atoms with Crippen LogP contribution < -0.4 is 5.32 Å². The van der Waals surface area contributed by atoms with Crippen molar-refractivity contribution < 1.29 is 9.21 Å². The molecule has 1 aliphatic rings. The number of aryl methyl sites for hydroxylation is 1. The number of furan rings is 1.